The molecule has 0 fully saturated rings. The average Bonchev–Trinajstić information content (AvgIpc) is 2.14. The van der Waals surface area contributed by atoms with Crippen molar-refractivity contribution in [2.75, 3.05) is 13.2 Å². The van der Waals surface area contributed by atoms with Gasteiger partial charge in [0.1, 0.15) is 0 Å². The van der Waals surface area contributed by atoms with Crippen molar-refractivity contribution in [3.63, 3.8) is 0 Å². The molecule has 0 aliphatic carbocycles. The second-order valence-electron chi connectivity index (χ2n) is 2.87. The number of hydrogen-bond donors (Lipinski definition) is 4. The van der Waals surface area contributed by atoms with E-state index in [0.29, 0.717) is 6.42 Å². The van der Waals surface area contributed by atoms with Crippen LogP contribution < -0.4 is 0 Å². The molecule has 1 unspecified atom stereocenters. The lowest BCUT2D eigenvalue weighted by atomic mass is 10.1. The number of rotatable bonds is 6. The number of hydrogen-bond acceptors (Lipinski definition) is 4. The highest BCUT2D eigenvalue weighted by Gasteiger charge is 2.14. The number of carboxylic acid groups (broad SMARTS) is 2. The second-order valence-corrected chi connectivity index (χ2v) is 2.87. The van der Waals surface area contributed by atoms with Crippen molar-refractivity contribution in [2.45, 2.75) is 26.2 Å². The first-order valence-corrected chi connectivity index (χ1v) is 4.65. The SMILES string of the molecule is CCCC(=O)O.O=C(O)C(CO)CCO. The molecule has 6 heteroatoms. The molecular weight excluding hydrogens is 204 g/mol. The molecule has 4 N–H and O–H groups in total. The van der Waals surface area contributed by atoms with Gasteiger partial charge in [0, 0.05) is 13.0 Å². The van der Waals surface area contributed by atoms with Gasteiger partial charge in [-0.25, -0.2) is 0 Å². The van der Waals surface area contributed by atoms with Gasteiger partial charge in [-0.15, -0.1) is 0 Å². The van der Waals surface area contributed by atoms with Gasteiger partial charge >= 0.3 is 11.9 Å². The van der Waals surface area contributed by atoms with E-state index in [0.717, 1.165) is 6.42 Å². The van der Waals surface area contributed by atoms with Crippen LogP contribution in [0, 0.1) is 5.92 Å². The van der Waals surface area contributed by atoms with Crippen LogP contribution in [0.25, 0.3) is 0 Å². The third-order valence-corrected chi connectivity index (χ3v) is 1.51. The Morgan fingerprint density at radius 2 is 1.73 bits per heavy atom. The molecule has 6 nitrogen and oxygen atoms in total. The molecule has 90 valence electrons. The fourth-order valence-corrected chi connectivity index (χ4v) is 0.663. The van der Waals surface area contributed by atoms with Crippen molar-refractivity contribution in [1.82, 2.24) is 0 Å². The Morgan fingerprint density at radius 1 is 1.20 bits per heavy atom. The lowest BCUT2D eigenvalue weighted by Gasteiger charge is -2.04. The minimum absolute atomic E-state index is 0.117. The normalized spacial score (nSPS) is 11.1. The number of aliphatic hydroxyl groups excluding tert-OH is 2. The van der Waals surface area contributed by atoms with Gasteiger partial charge in [0.25, 0.3) is 0 Å². The largest absolute Gasteiger partial charge is 0.481 e. The minimum atomic E-state index is -1.06. The van der Waals surface area contributed by atoms with Crippen LogP contribution in [-0.4, -0.2) is 45.6 Å². The van der Waals surface area contributed by atoms with Gasteiger partial charge in [0.05, 0.1) is 12.5 Å². The third-order valence-electron chi connectivity index (χ3n) is 1.51. The maximum Gasteiger partial charge on any atom is 0.308 e. The predicted molar refractivity (Wildman–Crippen MR) is 52.5 cm³/mol. The summed E-state index contributed by atoms with van der Waals surface area (Å²) in [5.74, 6) is -2.58. The van der Waals surface area contributed by atoms with E-state index in [9.17, 15) is 9.59 Å². The Balaban J connectivity index is 0. The van der Waals surface area contributed by atoms with Crippen LogP contribution in [0.3, 0.4) is 0 Å². The fourth-order valence-electron chi connectivity index (χ4n) is 0.663. The Bertz CT molecular complexity index is 179. The van der Waals surface area contributed by atoms with Crippen molar-refractivity contribution < 1.29 is 30.0 Å². The molecule has 0 heterocycles. The maximum atomic E-state index is 10.0. The molecule has 0 amide bonds. The van der Waals surface area contributed by atoms with E-state index < -0.39 is 24.5 Å². The van der Waals surface area contributed by atoms with E-state index in [1.165, 1.54) is 0 Å². The summed E-state index contributed by atoms with van der Waals surface area (Å²) in [6, 6.07) is 0. The number of aliphatic hydroxyl groups is 2. The van der Waals surface area contributed by atoms with E-state index in [2.05, 4.69) is 0 Å². The Labute approximate surface area is 88.2 Å². The molecule has 0 aromatic rings. The summed E-state index contributed by atoms with van der Waals surface area (Å²) < 4.78 is 0. The summed E-state index contributed by atoms with van der Waals surface area (Å²) in [4.78, 5) is 19.6. The first-order valence-electron chi connectivity index (χ1n) is 4.65. The standard InChI is InChI=1S/C5H10O4.C4H8O2/c6-2-1-4(3-7)5(8)9;1-2-3-4(5)6/h4,6-7H,1-3H2,(H,8,9);2-3H2,1H3,(H,5,6). The molecule has 0 saturated heterocycles. The third kappa shape index (κ3) is 12.9. The Kier molecular flexibility index (Phi) is 11.9. The topological polar surface area (TPSA) is 115 Å². The molecule has 1 atom stereocenters. The molecule has 0 aliphatic heterocycles. The van der Waals surface area contributed by atoms with Crippen LogP contribution in [0.15, 0.2) is 0 Å². The quantitative estimate of drug-likeness (QED) is 0.500. The monoisotopic (exact) mass is 222 g/mol. The molecule has 0 radical (unpaired) electrons. The molecule has 0 rings (SSSR count). The van der Waals surface area contributed by atoms with E-state index in [4.69, 9.17) is 20.4 Å². The first kappa shape index (κ1) is 16.3. The minimum Gasteiger partial charge on any atom is -0.481 e. The first-order chi connectivity index (χ1) is 6.99. The van der Waals surface area contributed by atoms with Gasteiger partial charge in [-0.1, -0.05) is 6.92 Å². The fraction of sp³-hybridized carbons (Fsp3) is 0.778. The molecule has 0 spiro atoms. The summed E-state index contributed by atoms with van der Waals surface area (Å²) in [5, 5.41) is 32.7. The molecule has 0 aromatic heterocycles. The van der Waals surface area contributed by atoms with Crippen molar-refractivity contribution in [2.24, 2.45) is 5.92 Å². The van der Waals surface area contributed by atoms with Crippen LogP contribution in [-0.2, 0) is 9.59 Å². The van der Waals surface area contributed by atoms with Crippen LogP contribution in [0.1, 0.15) is 26.2 Å². The Morgan fingerprint density at radius 3 is 1.80 bits per heavy atom. The van der Waals surface area contributed by atoms with Crippen molar-refractivity contribution in [3.8, 4) is 0 Å². The van der Waals surface area contributed by atoms with Gasteiger partial charge in [-0.2, -0.15) is 0 Å². The maximum absolute atomic E-state index is 10.0. The average molecular weight is 222 g/mol. The molecule has 0 aliphatic rings. The van der Waals surface area contributed by atoms with Gasteiger partial charge in [-0.3, -0.25) is 9.59 Å². The summed E-state index contributed by atoms with van der Waals surface area (Å²) in [6.45, 7) is 1.24. The van der Waals surface area contributed by atoms with E-state index in [-0.39, 0.29) is 13.0 Å². The van der Waals surface area contributed by atoms with Crippen LogP contribution >= 0.6 is 0 Å². The number of carboxylic acids is 2. The lowest BCUT2D eigenvalue weighted by Crippen LogP contribution is -2.18. The summed E-state index contributed by atoms with van der Waals surface area (Å²) in [7, 11) is 0. The summed E-state index contributed by atoms with van der Waals surface area (Å²) in [5.41, 5.74) is 0. The van der Waals surface area contributed by atoms with Crippen molar-refractivity contribution >= 4 is 11.9 Å². The number of aliphatic carboxylic acids is 2. The second kappa shape index (κ2) is 10.9. The van der Waals surface area contributed by atoms with Gasteiger partial charge in [-0.05, 0) is 12.8 Å². The molecule has 15 heavy (non-hydrogen) atoms. The zero-order valence-electron chi connectivity index (χ0n) is 8.72. The van der Waals surface area contributed by atoms with Crippen molar-refractivity contribution in [1.29, 1.82) is 0 Å². The molecule has 0 bridgehead atoms. The van der Waals surface area contributed by atoms with Gasteiger partial charge in [0.2, 0.25) is 0 Å². The van der Waals surface area contributed by atoms with Crippen molar-refractivity contribution in [3.05, 3.63) is 0 Å². The highest BCUT2D eigenvalue weighted by molar-refractivity contribution is 5.70. The van der Waals surface area contributed by atoms with E-state index in [1.54, 1.807) is 0 Å². The Hall–Kier alpha value is -1.14. The number of carbonyl (C=O) groups is 2. The zero-order valence-corrected chi connectivity index (χ0v) is 8.72. The van der Waals surface area contributed by atoms with E-state index in [1.807, 2.05) is 6.92 Å². The highest BCUT2D eigenvalue weighted by atomic mass is 16.4. The highest BCUT2D eigenvalue weighted by Crippen LogP contribution is 1.99. The predicted octanol–water partition coefficient (Wildman–Crippen LogP) is -0.0670. The summed E-state index contributed by atoms with van der Waals surface area (Å²) >= 11 is 0. The van der Waals surface area contributed by atoms with Gasteiger partial charge < -0.3 is 20.4 Å². The van der Waals surface area contributed by atoms with Gasteiger partial charge in [0.15, 0.2) is 0 Å². The lowest BCUT2D eigenvalue weighted by molar-refractivity contribution is -0.143. The van der Waals surface area contributed by atoms with Crippen LogP contribution in [0.2, 0.25) is 0 Å². The smallest absolute Gasteiger partial charge is 0.308 e. The molecule has 0 aromatic carbocycles. The molecule has 0 saturated carbocycles. The van der Waals surface area contributed by atoms with E-state index >= 15 is 0 Å². The van der Waals surface area contributed by atoms with Crippen LogP contribution in [0.5, 0.6) is 0 Å². The summed E-state index contributed by atoms with van der Waals surface area (Å²) in [6.07, 6.45) is 1.14. The molecular formula is C9H18O6. The van der Waals surface area contributed by atoms with Crippen LogP contribution in [0.4, 0.5) is 0 Å². The zero-order chi connectivity index (χ0) is 12.3.